The van der Waals surface area contributed by atoms with Gasteiger partial charge in [0.15, 0.2) is 6.29 Å². The number of carbonyl (C=O) groups excluding carboxylic acids is 1. The summed E-state index contributed by atoms with van der Waals surface area (Å²) in [4.78, 5) is 11.6. The Balaban J connectivity index is 1.55. The Hall–Kier alpha value is -2.01. The van der Waals surface area contributed by atoms with E-state index in [4.69, 9.17) is 14.2 Å². The van der Waals surface area contributed by atoms with Crippen molar-refractivity contribution in [3.8, 4) is 0 Å². The number of benzene rings is 2. The van der Waals surface area contributed by atoms with Crippen molar-refractivity contribution in [1.29, 1.82) is 0 Å². The molecule has 3 rings (SSSR count). The Morgan fingerprint density at radius 1 is 0.889 bits per heavy atom. The number of ether oxygens (including phenoxy) is 3. The zero-order chi connectivity index (χ0) is 19.1. The molecule has 5 atom stereocenters. The molecule has 1 heterocycles. The van der Waals surface area contributed by atoms with E-state index >= 15 is 0 Å². The van der Waals surface area contributed by atoms with Crippen LogP contribution in [0.1, 0.15) is 25.0 Å². The van der Waals surface area contributed by atoms with Crippen LogP contribution in [0.5, 0.6) is 0 Å². The smallest absolute Gasteiger partial charge is 0.151 e. The molecule has 4 nitrogen and oxygen atoms in total. The lowest BCUT2D eigenvalue weighted by Crippen LogP contribution is -2.52. The second kappa shape index (κ2) is 9.79. The second-order valence-corrected chi connectivity index (χ2v) is 7.26. The van der Waals surface area contributed by atoms with Crippen LogP contribution in [-0.4, -0.2) is 31.2 Å². The van der Waals surface area contributed by atoms with Gasteiger partial charge in [-0.15, -0.1) is 0 Å². The number of aldehydes is 1. The lowest BCUT2D eigenvalue weighted by atomic mass is 9.81. The Bertz CT molecular complexity index is 686. The van der Waals surface area contributed by atoms with Gasteiger partial charge in [0, 0.05) is 0 Å². The lowest BCUT2D eigenvalue weighted by Gasteiger charge is -2.42. The summed E-state index contributed by atoms with van der Waals surface area (Å²) in [5.74, 6) is 0.431. The third-order valence-electron chi connectivity index (χ3n) is 5.40. The third-order valence-corrected chi connectivity index (χ3v) is 5.40. The molecule has 1 aliphatic heterocycles. The van der Waals surface area contributed by atoms with E-state index in [-0.39, 0.29) is 24.0 Å². The van der Waals surface area contributed by atoms with E-state index in [9.17, 15) is 4.79 Å². The topological polar surface area (TPSA) is 44.8 Å². The van der Waals surface area contributed by atoms with Gasteiger partial charge in [-0.05, 0) is 23.0 Å². The molecule has 4 heteroatoms. The average molecular weight is 368 g/mol. The van der Waals surface area contributed by atoms with Crippen LogP contribution >= 0.6 is 0 Å². The largest absolute Gasteiger partial charge is 0.374 e. The first kappa shape index (κ1) is 19.7. The van der Waals surface area contributed by atoms with Gasteiger partial charge in [0.05, 0.1) is 32.0 Å². The number of carbonyl (C=O) groups is 1. The Labute approximate surface area is 161 Å². The predicted octanol–water partition coefficient (Wildman–Crippen LogP) is 4.03. The highest BCUT2D eigenvalue weighted by molar-refractivity contribution is 5.57. The highest BCUT2D eigenvalue weighted by Gasteiger charge is 2.42. The van der Waals surface area contributed by atoms with Crippen LogP contribution in [-0.2, 0) is 32.2 Å². The van der Waals surface area contributed by atoms with Crippen LogP contribution in [0, 0.1) is 11.8 Å². The zero-order valence-corrected chi connectivity index (χ0v) is 16.0. The Morgan fingerprint density at radius 3 is 2.07 bits per heavy atom. The SMILES string of the molecule is CC1C(COCc2ccccc2)OC(C=O)C(OCc2ccccc2)C1C. The van der Waals surface area contributed by atoms with Crippen LogP contribution in [0.2, 0.25) is 0 Å². The van der Waals surface area contributed by atoms with Crippen molar-refractivity contribution in [3.63, 3.8) is 0 Å². The minimum atomic E-state index is -0.565. The third kappa shape index (κ3) is 5.25. The molecular formula is C23H28O4. The molecule has 1 saturated heterocycles. The van der Waals surface area contributed by atoms with Crippen LogP contribution in [0.15, 0.2) is 60.7 Å². The molecule has 2 aromatic rings. The van der Waals surface area contributed by atoms with E-state index in [0.717, 1.165) is 17.4 Å². The molecule has 0 spiro atoms. The van der Waals surface area contributed by atoms with Gasteiger partial charge < -0.3 is 19.0 Å². The molecule has 144 valence electrons. The highest BCUT2D eigenvalue weighted by atomic mass is 16.6. The van der Waals surface area contributed by atoms with Gasteiger partial charge in [-0.25, -0.2) is 0 Å². The van der Waals surface area contributed by atoms with Gasteiger partial charge in [0.1, 0.15) is 6.10 Å². The van der Waals surface area contributed by atoms with Crippen molar-refractivity contribution in [2.75, 3.05) is 6.61 Å². The predicted molar refractivity (Wildman–Crippen MR) is 104 cm³/mol. The van der Waals surface area contributed by atoms with E-state index in [1.165, 1.54) is 0 Å². The molecule has 0 N–H and O–H groups in total. The van der Waals surface area contributed by atoms with Crippen molar-refractivity contribution in [1.82, 2.24) is 0 Å². The van der Waals surface area contributed by atoms with Gasteiger partial charge in [-0.2, -0.15) is 0 Å². The first-order valence-electron chi connectivity index (χ1n) is 9.57. The molecule has 0 radical (unpaired) electrons. The van der Waals surface area contributed by atoms with Crippen molar-refractivity contribution in [3.05, 3.63) is 71.8 Å². The molecule has 27 heavy (non-hydrogen) atoms. The monoisotopic (exact) mass is 368 g/mol. The van der Waals surface area contributed by atoms with Gasteiger partial charge in [0.25, 0.3) is 0 Å². The fourth-order valence-electron chi connectivity index (χ4n) is 3.52. The summed E-state index contributed by atoms with van der Waals surface area (Å²) in [7, 11) is 0. The molecule has 0 saturated carbocycles. The fraction of sp³-hybridized carbons (Fsp3) is 0.435. The maximum Gasteiger partial charge on any atom is 0.151 e. The molecular weight excluding hydrogens is 340 g/mol. The van der Waals surface area contributed by atoms with Gasteiger partial charge in [-0.1, -0.05) is 74.5 Å². The lowest BCUT2D eigenvalue weighted by molar-refractivity contribution is -0.198. The minimum Gasteiger partial charge on any atom is -0.374 e. The first-order chi connectivity index (χ1) is 13.2. The zero-order valence-electron chi connectivity index (χ0n) is 16.0. The van der Waals surface area contributed by atoms with Crippen molar-refractivity contribution in [2.24, 2.45) is 11.8 Å². The average Bonchev–Trinajstić information content (AvgIpc) is 2.72. The molecule has 0 aromatic heterocycles. The van der Waals surface area contributed by atoms with Crippen LogP contribution in [0.4, 0.5) is 0 Å². The second-order valence-electron chi connectivity index (χ2n) is 7.26. The van der Waals surface area contributed by atoms with Gasteiger partial charge >= 0.3 is 0 Å². The van der Waals surface area contributed by atoms with E-state index in [2.05, 4.69) is 13.8 Å². The Morgan fingerprint density at radius 2 is 1.48 bits per heavy atom. The molecule has 0 amide bonds. The van der Waals surface area contributed by atoms with E-state index in [0.29, 0.717) is 19.8 Å². The van der Waals surface area contributed by atoms with Crippen molar-refractivity contribution in [2.45, 2.75) is 45.4 Å². The summed E-state index contributed by atoms with van der Waals surface area (Å²) < 4.78 is 18.0. The summed E-state index contributed by atoms with van der Waals surface area (Å²) in [6, 6.07) is 20.1. The van der Waals surface area contributed by atoms with Crippen LogP contribution in [0.25, 0.3) is 0 Å². The van der Waals surface area contributed by atoms with Gasteiger partial charge in [0.2, 0.25) is 0 Å². The number of hydrogen-bond acceptors (Lipinski definition) is 4. The molecule has 1 aliphatic rings. The highest BCUT2D eigenvalue weighted by Crippen LogP contribution is 2.33. The summed E-state index contributed by atoms with van der Waals surface area (Å²) in [5.41, 5.74) is 2.22. The minimum absolute atomic E-state index is 0.115. The normalized spacial score (nSPS) is 28.0. The Kier molecular flexibility index (Phi) is 7.16. The summed E-state index contributed by atoms with van der Waals surface area (Å²) in [6.45, 7) is 5.76. The summed E-state index contributed by atoms with van der Waals surface area (Å²) >= 11 is 0. The maximum absolute atomic E-state index is 11.6. The molecule has 2 aromatic carbocycles. The fourth-order valence-corrected chi connectivity index (χ4v) is 3.52. The van der Waals surface area contributed by atoms with E-state index in [1.54, 1.807) is 0 Å². The van der Waals surface area contributed by atoms with E-state index in [1.807, 2.05) is 60.7 Å². The van der Waals surface area contributed by atoms with Gasteiger partial charge in [-0.3, -0.25) is 0 Å². The number of hydrogen-bond donors (Lipinski definition) is 0. The van der Waals surface area contributed by atoms with Crippen LogP contribution < -0.4 is 0 Å². The molecule has 1 fully saturated rings. The summed E-state index contributed by atoms with van der Waals surface area (Å²) in [6.07, 6.45) is -0.0637. The molecule has 0 aliphatic carbocycles. The van der Waals surface area contributed by atoms with Crippen molar-refractivity contribution >= 4 is 6.29 Å². The molecule has 0 bridgehead atoms. The molecule has 5 unspecified atom stereocenters. The summed E-state index contributed by atoms with van der Waals surface area (Å²) in [5, 5.41) is 0. The standard InChI is InChI=1S/C23H28O4/c1-17-18(2)23(26-15-20-11-7-4-8-12-20)21(13-24)27-22(17)16-25-14-19-9-5-3-6-10-19/h3-13,17-18,21-23H,14-16H2,1-2H3. The van der Waals surface area contributed by atoms with E-state index < -0.39 is 6.10 Å². The maximum atomic E-state index is 11.6. The number of rotatable bonds is 8. The van der Waals surface area contributed by atoms with Crippen LogP contribution in [0.3, 0.4) is 0 Å². The van der Waals surface area contributed by atoms with Crippen molar-refractivity contribution < 1.29 is 19.0 Å². The first-order valence-corrected chi connectivity index (χ1v) is 9.57. The quantitative estimate of drug-likeness (QED) is 0.660.